The van der Waals surface area contributed by atoms with Gasteiger partial charge >= 0.3 is 5.97 Å². The number of hydrogen-bond donors (Lipinski definition) is 0. The van der Waals surface area contributed by atoms with Crippen molar-refractivity contribution in [2.75, 3.05) is 14.2 Å². The molecule has 6 nitrogen and oxygen atoms in total. The lowest BCUT2D eigenvalue weighted by Gasteiger charge is -2.26. The van der Waals surface area contributed by atoms with E-state index in [9.17, 15) is 4.79 Å². The average Bonchev–Trinajstić information content (AvgIpc) is 2.96. The Labute approximate surface area is 136 Å². The highest BCUT2D eigenvalue weighted by Crippen LogP contribution is 2.34. The fraction of sp³-hybridized carbons (Fsp3) is 0.533. The maximum absolute atomic E-state index is 11.6. The van der Waals surface area contributed by atoms with Gasteiger partial charge in [0.1, 0.15) is 0 Å². The number of carbonyl (C=O) groups is 1. The first-order valence-corrected chi connectivity index (χ1v) is 8.09. The molecule has 2 aromatic heterocycles. The molecule has 1 saturated carbocycles. The number of esters is 1. The van der Waals surface area contributed by atoms with E-state index >= 15 is 0 Å². The molecule has 0 aliphatic heterocycles. The Bertz CT molecular complexity index is 693. The summed E-state index contributed by atoms with van der Waals surface area (Å²) < 4.78 is 12.8. The summed E-state index contributed by atoms with van der Waals surface area (Å²) in [7, 11) is 3.04. The van der Waals surface area contributed by atoms with Gasteiger partial charge in [-0.3, -0.25) is 9.48 Å². The molecule has 0 radical (unpaired) electrons. The summed E-state index contributed by atoms with van der Waals surface area (Å²) in [5, 5.41) is 5.54. The van der Waals surface area contributed by atoms with Gasteiger partial charge in [-0.15, -0.1) is 0 Å². The van der Waals surface area contributed by atoms with E-state index in [1.165, 1.54) is 7.11 Å². The molecule has 2 aromatic rings. The second kappa shape index (κ2) is 6.24. The van der Waals surface area contributed by atoms with Crippen LogP contribution in [0.4, 0.5) is 0 Å². The van der Waals surface area contributed by atoms with Crippen LogP contribution in [-0.2, 0) is 9.53 Å². The number of rotatable bonds is 3. The van der Waals surface area contributed by atoms with E-state index < -0.39 is 0 Å². The lowest BCUT2D eigenvalue weighted by molar-refractivity contribution is -0.146. The van der Waals surface area contributed by atoms with Crippen molar-refractivity contribution in [1.29, 1.82) is 0 Å². The second-order valence-corrected chi connectivity index (χ2v) is 6.38. The molecule has 1 aliphatic carbocycles. The Morgan fingerprint density at radius 1 is 1.32 bits per heavy atom. The predicted octanol–water partition coefficient (Wildman–Crippen LogP) is 3.11. The minimum absolute atomic E-state index is 0.0265. The van der Waals surface area contributed by atoms with Crippen LogP contribution >= 0.6 is 15.9 Å². The van der Waals surface area contributed by atoms with Crippen molar-refractivity contribution in [2.45, 2.75) is 31.7 Å². The Kier molecular flexibility index (Phi) is 4.33. The molecule has 7 heteroatoms. The molecule has 3 rings (SSSR count). The number of aromatic nitrogens is 3. The summed E-state index contributed by atoms with van der Waals surface area (Å²) >= 11 is 3.44. The molecule has 2 heterocycles. The third-order valence-corrected chi connectivity index (χ3v) is 4.80. The largest absolute Gasteiger partial charge is 0.480 e. The molecule has 1 aliphatic rings. The van der Waals surface area contributed by atoms with Gasteiger partial charge in [0, 0.05) is 11.6 Å². The van der Waals surface area contributed by atoms with Crippen LogP contribution in [0.1, 0.15) is 31.7 Å². The Morgan fingerprint density at radius 2 is 2.05 bits per heavy atom. The van der Waals surface area contributed by atoms with E-state index in [0.717, 1.165) is 35.5 Å². The molecule has 0 bridgehead atoms. The summed E-state index contributed by atoms with van der Waals surface area (Å²) in [5.74, 6) is 0.463. The van der Waals surface area contributed by atoms with Crippen LogP contribution in [0.3, 0.4) is 0 Å². The zero-order valence-electron chi connectivity index (χ0n) is 12.6. The van der Waals surface area contributed by atoms with Gasteiger partial charge in [-0.2, -0.15) is 10.1 Å². The van der Waals surface area contributed by atoms with Crippen molar-refractivity contribution >= 4 is 32.9 Å². The first kappa shape index (κ1) is 15.3. The van der Waals surface area contributed by atoms with Crippen molar-refractivity contribution in [1.82, 2.24) is 14.8 Å². The molecule has 0 atom stereocenters. The topological polar surface area (TPSA) is 66.2 Å². The number of fused-ring (bicyclic) bond motifs is 1. The minimum Gasteiger partial charge on any atom is -0.480 e. The summed E-state index contributed by atoms with van der Waals surface area (Å²) in [6, 6.07) is 2.27. The molecule has 118 valence electrons. The van der Waals surface area contributed by atoms with Crippen LogP contribution in [-0.4, -0.2) is 35.0 Å². The van der Waals surface area contributed by atoms with Crippen LogP contribution < -0.4 is 4.74 Å². The highest BCUT2D eigenvalue weighted by Gasteiger charge is 2.28. The quantitative estimate of drug-likeness (QED) is 0.779. The SMILES string of the molecule is COC(=O)C1CCC(n2cc3cc(Br)c(OC)nc3n2)CC1. The average molecular weight is 368 g/mol. The maximum atomic E-state index is 11.6. The van der Waals surface area contributed by atoms with E-state index in [-0.39, 0.29) is 11.9 Å². The normalized spacial score (nSPS) is 21.8. The van der Waals surface area contributed by atoms with Gasteiger partial charge in [0.05, 0.1) is 30.7 Å². The van der Waals surface area contributed by atoms with E-state index in [4.69, 9.17) is 9.47 Å². The van der Waals surface area contributed by atoms with Gasteiger partial charge in [0.15, 0.2) is 5.65 Å². The molecule has 1 fully saturated rings. The summed E-state index contributed by atoms with van der Waals surface area (Å²) in [6.07, 6.45) is 5.54. The maximum Gasteiger partial charge on any atom is 0.308 e. The van der Waals surface area contributed by atoms with Gasteiger partial charge in [-0.05, 0) is 47.7 Å². The Hall–Kier alpha value is -1.63. The summed E-state index contributed by atoms with van der Waals surface area (Å²) in [6.45, 7) is 0. The molecule has 0 aromatic carbocycles. The highest BCUT2D eigenvalue weighted by molar-refractivity contribution is 9.10. The minimum atomic E-state index is -0.0978. The summed E-state index contributed by atoms with van der Waals surface area (Å²) in [4.78, 5) is 16.0. The zero-order chi connectivity index (χ0) is 15.7. The zero-order valence-corrected chi connectivity index (χ0v) is 14.2. The molecular formula is C15H18BrN3O3. The number of nitrogens with zero attached hydrogens (tertiary/aromatic N) is 3. The smallest absolute Gasteiger partial charge is 0.308 e. The van der Waals surface area contributed by atoms with Crippen molar-refractivity contribution in [3.63, 3.8) is 0 Å². The monoisotopic (exact) mass is 367 g/mol. The van der Waals surface area contributed by atoms with Gasteiger partial charge < -0.3 is 9.47 Å². The van der Waals surface area contributed by atoms with Crippen molar-refractivity contribution < 1.29 is 14.3 Å². The number of pyridine rings is 1. The van der Waals surface area contributed by atoms with E-state index in [0.29, 0.717) is 17.6 Å². The molecule has 0 amide bonds. The lowest BCUT2D eigenvalue weighted by atomic mass is 9.86. The standard InChI is InChI=1S/C15H18BrN3O3/c1-21-14-12(16)7-10-8-19(18-13(10)17-14)11-5-3-9(4-6-11)15(20)22-2/h7-9,11H,3-6H2,1-2H3. The molecule has 22 heavy (non-hydrogen) atoms. The molecule has 0 N–H and O–H groups in total. The van der Waals surface area contributed by atoms with E-state index in [2.05, 4.69) is 26.0 Å². The molecule has 0 saturated heterocycles. The number of carbonyl (C=O) groups excluding carboxylic acids is 1. The third kappa shape index (κ3) is 2.82. The van der Waals surface area contributed by atoms with Crippen LogP contribution in [0.5, 0.6) is 5.88 Å². The third-order valence-electron chi connectivity index (χ3n) is 4.23. The first-order valence-electron chi connectivity index (χ1n) is 7.29. The number of ether oxygens (including phenoxy) is 2. The van der Waals surface area contributed by atoms with Gasteiger partial charge in [-0.25, -0.2) is 0 Å². The highest BCUT2D eigenvalue weighted by atomic mass is 79.9. The van der Waals surface area contributed by atoms with Crippen LogP contribution in [0.15, 0.2) is 16.7 Å². The number of hydrogen-bond acceptors (Lipinski definition) is 5. The summed E-state index contributed by atoms with van der Waals surface area (Å²) in [5.41, 5.74) is 0.676. The second-order valence-electron chi connectivity index (χ2n) is 5.53. The van der Waals surface area contributed by atoms with Gasteiger partial charge in [-0.1, -0.05) is 0 Å². The Morgan fingerprint density at radius 3 is 2.68 bits per heavy atom. The van der Waals surface area contributed by atoms with Crippen molar-refractivity contribution in [2.24, 2.45) is 5.92 Å². The van der Waals surface area contributed by atoms with Crippen LogP contribution in [0.25, 0.3) is 11.0 Å². The van der Waals surface area contributed by atoms with E-state index in [1.807, 2.05) is 16.9 Å². The fourth-order valence-electron chi connectivity index (χ4n) is 3.01. The number of methoxy groups -OCH3 is 2. The van der Waals surface area contributed by atoms with Crippen LogP contribution in [0, 0.1) is 5.92 Å². The lowest BCUT2D eigenvalue weighted by Crippen LogP contribution is -2.24. The first-order chi connectivity index (χ1) is 10.6. The van der Waals surface area contributed by atoms with Crippen molar-refractivity contribution in [3.8, 4) is 5.88 Å². The Balaban J connectivity index is 1.79. The number of halogens is 1. The predicted molar refractivity (Wildman–Crippen MR) is 84.8 cm³/mol. The van der Waals surface area contributed by atoms with E-state index in [1.54, 1.807) is 7.11 Å². The van der Waals surface area contributed by atoms with Crippen molar-refractivity contribution in [3.05, 3.63) is 16.7 Å². The fourth-order valence-corrected chi connectivity index (χ4v) is 3.50. The van der Waals surface area contributed by atoms with Gasteiger partial charge in [0.2, 0.25) is 5.88 Å². The molecule has 0 spiro atoms. The van der Waals surface area contributed by atoms with Crippen LogP contribution in [0.2, 0.25) is 0 Å². The molecule has 0 unspecified atom stereocenters. The van der Waals surface area contributed by atoms with Gasteiger partial charge in [0.25, 0.3) is 0 Å². The molecular weight excluding hydrogens is 350 g/mol.